The van der Waals surface area contributed by atoms with Gasteiger partial charge in [0.15, 0.2) is 0 Å². The van der Waals surface area contributed by atoms with Gasteiger partial charge in [-0.25, -0.2) is 4.98 Å². The molecule has 1 fully saturated rings. The molecule has 0 radical (unpaired) electrons. The first kappa shape index (κ1) is 19.8. The molecule has 23 heavy (non-hydrogen) atoms. The van der Waals surface area contributed by atoms with Crippen molar-refractivity contribution >= 4 is 35.7 Å². The summed E-state index contributed by atoms with van der Waals surface area (Å²) >= 11 is 5.91. The van der Waals surface area contributed by atoms with Crippen LogP contribution in [0.3, 0.4) is 0 Å². The van der Waals surface area contributed by atoms with E-state index in [1.165, 1.54) is 0 Å². The fourth-order valence-corrected chi connectivity index (χ4v) is 2.51. The molecular weight excluding hydrogens is 356 g/mol. The van der Waals surface area contributed by atoms with Gasteiger partial charge < -0.3 is 16.0 Å². The number of halogens is 5. The monoisotopic (exact) mass is 372 g/mol. The topological polar surface area (TPSA) is 71.2 Å². The summed E-state index contributed by atoms with van der Waals surface area (Å²) in [5.74, 6) is 0.0190. The molecule has 1 amide bonds. The summed E-state index contributed by atoms with van der Waals surface area (Å²) in [6.45, 7) is 2.55. The van der Waals surface area contributed by atoms with Crippen LogP contribution in [0.1, 0.15) is 18.9 Å². The van der Waals surface area contributed by atoms with Gasteiger partial charge in [0.1, 0.15) is 5.82 Å². The lowest BCUT2D eigenvalue weighted by atomic mass is 10.2. The zero-order valence-electron chi connectivity index (χ0n) is 12.2. The molecule has 1 aliphatic rings. The maximum Gasteiger partial charge on any atom is 0.417 e. The Labute approximate surface area is 142 Å². The molecule has 0 aromatic carbocycles. The van der Waals surface area contributed by atoms with Gasteiger partial charge in [-0.3, -0.25) is 4.79 Å². The second kappa shape index (κ2) is 7.55. The summed E-state index contributed by atoms with van der Waals surface area (Å²) in [6, 6.07) is 0.123. The second-order valence-corrected chi connectivity index (χ2v) is 5.66. The second-order valence-electron chi connectivity index (χ2n) is 5.26. The van der Waals surface area contributed by atoms with Crippen molar-refractivity contribution in [2.24, 2.45) is 5.73 Å². The van der Waals surface area contributed by atoms with Gasteiger partial charge in [-0.15, -0.1) is 12.4 Å². The van der Waals surface area contributed by atoms with Crippen molar-refractivity contribution < 1.29 is 18.0 Å². The zero-order valence-corrected chi connectivity index (χ0v) is 13.8. The average molecular weight is 373 g/mol. The maximum absolute atomic E-state index is 12.6. The number of pyridine rings is 1. The predicted molar refractivity (Wildman–Crippen MR) is 83.9 cm³/mol. The highest BCUT2D eigenvalue weighted by Gasteiger charge is 2.33. The normalized spacial score (nSPS) is 19.2. The number of carbonyl (C=O) groups is 1. The molecule has 5 nitrogen and oxygen atoms in total. The van der Waals surface area contributed by atoms with E-state index in [1.807, 2.05) is 0 Å². The van der Waals surface area contributed by atoms with Gasteiger partial charge in [-0.05, 0) is 19.4 Å². The molecule has 1 aromatic heterocycles. The Morgan fingerprint density at radius 1 is 1.57 bits per heavy atom. The number of nitrogens with zero attached hydrogens (tertiary/aromatic N) is 2. The zero-order chi connectivity index (χ0) is 16.5. The largest absolute Gasteiger partial charge is 0.417 e. The van der Waals surface area contributed by atoms with Crippen LogP contribution in [-0.2, 0) is 11.0 Å². The van der Waals surface area contributed by atoms with Crippen molar-refractivity contribution in [2.45, 2.75) is 31.6 Å². The van der Waals surface area contributed by atoms with Crippen LogP contribution in [-0.4, -0.2) is 36.1 Å². The minimum Gasteiger partial charge on any atom is -0.353 e. The Balaban J connectivity index is 0.00000264. The van der Waals surface area contributed by atoms with Crippen molar-refractivity contribution in [2.75, 3.05) is 18.0 Å². The van der Waals surface area contributed by atoms with E-state index < -0.39 is 17.8 Å². The average Bonchev–Trinajstić information content (AvgIpc) is 2.85. The Morgan fingerprint density at radius 2 is 2.22 bits per heavy atom. The van der Waals surface area contributed by atoms with Crippen molar-refractivity contribution in [3.8, 4) is 0 Å². The number of rotatable bonds is 3. The van der Waals surface area contributed by atoms with Gasteiger partial charge in [0.05, 0.1) is 16.6 Å². The number of nitrogens with one attached hydrogen (secondary N) is 1. The number of hydrogen-bond acceptors (Lipinski definition) is 4. The number of carbonyl (C=O) groups excluding carboxylic acids is 1. The molecule has 2 heterocycles. The first-order valence-electron chi connectivity index (χ1n) is 6.72. The standard InChI is InChI=1S/C13H16ClF3N4O.ClH/c1-7(18)12(22)20-9-2-3-21(6-9)11-10(14)4-8(5-19-11)13(15,16)17;/h4-5,7,9H,2-3,6,18H2,1H3,(H,20,22);1H. The van der Waals surface area contributed by atoms with E-state index in [1.54, 1.807) is 11.8 Å². The molecule has 2 rings (SSSR count). The van der Waals surface area contributed by atoms with Crippen LogP contribution in [0, 0.1) is 0 Å². The fraction of sp³-hybridized carbons (Fsp3) is 0.538. The van der Waals surface area contributed by atoms with Crippen LogP contribution < -0.4 is 16.0 Å². The fourth-order valence-electron chi connectivity index (χ4n) is 2.22. The molecule has 0 spiro atoms. The number of amides is 1. The highest BCUT2D eigenvalue weighted by atomic mass is 35.5. The smallest absolute Gasteiger partial charge is 0.353 e. The summed E-state index contributed by atoms with van der Waals surface area (Å²) in [5.41, 5.74) is 4.59. The van der Waals surface area contributed by atoms with Gasteiger partial charge in [0.2, 0.25) is 5.91 Å². The van der Waals surface area contributed by atoms with Crippen LogP contribution in [0.5, 0.6) is 0 Å². The molecule has 1 aromatic rings. The highest BCUT2D eigenvalue weighted by molar-refractivity contribution is 6.33. The van der Waals surface area contributed by atoms with E-state index >= 15 is 0 Å². The molecule has 0 aliphatic carbocycles. The molecule has 0 bridgehead atoms. The lowest BCUT2D eigenvalue weighted by Crippen LogP contribution is -2.45. The quantitative estimate of drug-likeness (QED) is 0.853. The third-order valence-electron chi connectivity index (χ3n) is 3.40. The number of aromatic nitrogens is 1. The van der Waals surface area contributed by atoms with Crippen LogP contribution in [0.25, 0.3) is 0 Å². The Morgan fingerprint density at radius 3 is 2.74 bits per heavy atom. The third-order valence-corrected chi connectivity index (χ3v) is 3.67. The van der Waals surface area contributed by atoms with E-state index in [4.69, 9.17) is 17.3 Å². The first-order valence-corrected chi connectivity index (χ1v) is 7.10. The van der Waals surface area contributed by atoms with Gasteiger partial charge >= 0.3 is 6.18 Å². The van der Waals surface area contributed by atoms with Crippen LogP contribution in [0.4, 0.5) is 19.0 Å². The molecule has 1 aliphatic heterocycles. The molecular formula is C13H17Cl2F3N4O. The molecule has 3 N–H and O–H groups in total. The van der Waals surface area contributed by atoms with E-state index in [0.29, 0.717) is 19.5 Å². The lowest BCUT2D eigenvalue weighted by molar-refractivity contribution is -0.137. The highest BCUT2D eigenvalue weighted by Crippen LogP contribution is 2.34. The third kappa shape index (κ3) is 4.86. The molecule has 130 valence electrons. The van der Waals surface area contributed by atoms with Crippen molar-refractivity contribution in [3.63, 3.8) is 0 Å². The van der Waals surface area contributed by atoms with E-state index in [2.05, 4.69) is 10.3 Å². The molecule has 2 unspecified atom stereocenters. The van der Waals surface area contributed by atoms with Gasteiger partial charge in [-0.1, -0.05) is 11.6 Å². The minimum absolute atomic E-state index is 0. The maximum atomic E-state index is 12.6. The Kier molecular flexibility index (Phi) is 6.49. The summed E-state index contributed by atoms with van der Waals surface area (Å²) in [4.78, 5) is 17.1. The summed E-state index contributed by atoms with van der Waals surface area (Å²) in [7, 11) is 0. The Bertz CT molecular complexity index is 569. The summed E-state index contributed by atoms with van der Waals surface area (Å²) in [5, 5.41) is 2.72. The summed E-state index contributed by atoms with van der Waals surface area (Å²) < 4.78 is 37.8. The number of hydrogen-bond donors (Lipinski definition) is 2. The first-order chi connectivity index (χ1) is 10.2. The van der Waals surface area contributed by atoms with Crippen molar-refractivity contribution in [1.29, 1.82) is 0 Å². The number of anilines is 1. The van der Waals surface area contributed by atoms with Crippen LogP contribution in [0.2, 0.25) is 5.02 Å². The van der Waals surface area contributed by atoms with E-state index in [0.717, 1.165) is 12.3 Å². The summed E-state index contributed by atoms with van der Waals surface area (Å²) in [6.07, 6.45) is -3.07. The van der Waals surface area contributed by atoms with Crippen molar-refractivity contribution in [1.82, 2.24) is 10.3 Å². The Hall–Kier alpha value is -1.25. The predicted octanol–water partition coefficient (Wildman–Crippen LogP) is 2.22. The number of alkyl halides is 3. The molecule has 10 heteroatoms. The van der Waals surface area contributed by atoms with Crippen LogP contribution >= 0.6 is 24.0 Å². The number of nitrogens with two attached hydrogens (primary N) is 1. The van der Waals surface area contributed by atoms with Gasteiger partial charge in [-0.2, -0.15) is 13.2 Å². The van der Waals surface area contributed by atoms with Crippen molar-refractivity contribution in [3.05, 3.63) is 22.8 Å². The van der Waals surface area contributed by atoms with Crippen LogP contribution in [0.15, 0.2) is 12.3 Å². The minimum atomic E-state index is -4.48. The van der Waals surface area contributed by atoms with Gasteiger partial charge in [0, 0.05) is 25.3 Å². The molecule has 2 atom stereocenters. The SMILES string of the molecule is CC(N)C(=O)NC1CCN(c2ncc(C(F)(F)F)cc2Cl)C1.Cl. The lowest BCUT2D eigenvalue weighted by Gasteiger charge is -2.20. The van der Waals surface area contributed by atoms with E-state index in [-0.39, 0.29) is 35.2 Å². The van der Waals surface area contributed by atoms with Gasteiger partial charge in [0.25, 0.3) is 0 Å². The molecule has 1 saturated heterocycles. The molecule has 0 saturated carbocycles. The van der Waals surface area contributed by atoms with E-state index in [9.17, 15) is 18.0 Å².